The van der Waals surface area contributed by atoms with Gasteiger partial charge in [-0.3, -0.25) is 9.59 Å². The number of nitrogens with one attached hydrogen (secondary N) is 1. The Bertz CT molecular complexity index is 1330. The Morgan fingerprint density at radius 1 is 1.03 bits per heavy atom. The highest BCUT2D eigenvalue weighted by molar-refractivity contribution is 7.89. The Morgan fingerprint density at radius 2 is 1.67 bits per heavy atom. The first-order valence-corrected chi connectivity index (χ1v) is 12.7. The van der Waals surface area contributed by atoms with Gasteiger partial charge in [-0.1, -0.05) is 60.7 Å². The quantitative estimate of drug-likeness (QED) is 0.230. The van der Waals surface area contributed by atoms with Gasteiger partial charge in [0.1, 0.15) is 33.4 Å². The topological polar surface area (TPSA) is 86.7 Å². The highest BCUT2D eigenvalue weighted by Gasteiger charge is 2.41. The Kier molecular flexibility index (Phi) is 8.14. The number of thiol groups is 1. The van der Waals surface area contributed by atoms with Crippen molar-refractivity contribution in [2.75, 3.05) is 0 Å². The maximum atomic E-state index is 13.2. The van der Waals surface area contributed by atoms with E-state index in [-0.39, 0.29) is 12.2 Å². The van der Waals surface area contributed by atoms with Gasteiger partial charge in [0.25, 0.3) is 0 Å². The SMILES string of the molecule is O=C(/C=C/c1ccc(/C=C2/N[C@H](S)N([C@@H](Cc3ccccc3)C(=O)O)S2=O)cc1)c1ccc(F)cc1. The van der Waals surface area contributed by atoms with Gasteiger partial charge >= 0.3 is 5.97 Å². The predicted octanol–water partition coefficient (Wildman–Crippen LogP) is 4.50. The number of nitrogens with zero attached hydrogens (tertiary/aromatic N) is 1. The number of benzene rings is 3. The van der Waals surface area contributed by atoms with Gasteiger partial charge in [0, 0.05) is 5.56 Å². The van der Waals surface area contributed by atoms with E-state index < -0.39 is 34.3 Å². The number of carbonyl (C=O) groups is 2. The van der Waals surface area contributed by atoms with Gasteiger partial charge in [-0.25, -0.2) is 8.60 Å². The molecular weight excluding hydrogens is 499 g/mol. The molecule has 1 aliphatic rings. The summed E-state index contributed by atoms with van der Waals surface area (Å²) in [5.41, 5.74) is 1.99. The highest BCUT2D eigenvalue weighted by Crippen LogP contribution is 2.27. The number of carboxylic acids is 1. The molecule has 36 heavy (non-hydrogen) atoms. The van der Waals surface area contributed by atoms with Gasteiger partial charge in [0.05, 0.1) is 0 Å². The van der Waals surface area contributed by atoms with Crippen LogP contribution in [0.25, 0.3) is 12.2 Å². The zero-order valence-corrected chi connectivity index (χ0v) is 20.7. The van der Waals surface area contributed by atoms with Crippen LogP contribution in [0, 0.1) is 5.82 Å². The molecule has 0 radical (unpaired) electrons. The largest absolute Gasteiger partial charge is 0.480 e. The van der Waals surface area contributed by atoms with E-state index in [0.29, 0.717) is 10.6 Å². The summed E-state index contributed by atoms with van der Waals surface area (Å²) in [6.07, 6.45) is 4.93. The van der Waals surface area contributed by atoms with Crippen LogP contribution in [-0.4, -0.2) is 36.9 Å². The summed E-state index contributed by atoms with van der Waals surface area (Å²) in [6.45, 7) is 0. The fraction of sp³-hybridized carbons (Fsp3) is 0.111. The molecule has 184 valence electrons. The lowest BCUT2D eigenvalue weighted by Crippen LogP contribution is -2.45. The van der Waals surface area contributed by atoms with Crippen LogP contribution in [0.1, 0.15) is 27.0 Å². The highest BCUT2D eigenvalue weighted by atomic mass is 32.2. The molecule has 0 aromatic heterocycles. The molecule has 0 aliphatic carbocycles. The van der Waals surface area contributed by atoms with Crippen LogP contribution in [0.2, 0.25) is 0 Å². The average molecular weight is 523 g/mol. The van der Waals surface area contributed by atoms with Crippen LogP contribution in [0.5, 0.6) is 0 Å². The van der Waals surface area contributed by atoms with Crippen molar-refractivity contribution in [2.45, 2.75) is 18.0 Å². The summed E-state index contributed by atoms with van der Waals surface area (Å²) in [7, 11) is -1.75. The summed E-state index contributed by atoms with van der Waals surface area (Å²) < 4.78 is 27.5. The van der Waals surface area contributed by atoms with Gasteiger partial charge in [0.2, 0.25) is 0 Å². The third-order valence-corrected chi connectivity index (χ3v) is 7.54. The zero-order valence-electron chi connectivity index (χ0n) is 19.0. The van der Waals surface area contributed by atoms with Crippen molar-refractivity contribution in [1.29, 1.82) is 0 Å². The molecular formula is C27H23FN2O4S2. The summed E-state index contributed by atoms with van der Waals surface area (Å²) in [5, 5.41) is 13.2. The minimum Gasteiger partial charge on any atom is -0.480 e. The normalized spacial score (nSPS) is 19.9. The van der Waals surface area contributed by atoms with Gasteiger partial charge < -0.3 is 10.4 Å². The molecule has 0 bridgehead atoms. The van der Waals surface area contributed by atoms with Crippen molar-refractivity contribution in [1.82, 2.24) is 9.62 Å². The smallest absolute Gasteiger partial charge is 0.322 e. The number of halogens is 1. The fourth-order valence-electron chi connectivity index (χ4n) is 3.68. The van der Waals surface area contributed by atoms with Crippen LogP contribution < -0.4 is 5.32 Å². The molecule has 3 atom stereocenters. The monoisotopic (exact) mass is 522 g/mol. The maximum Gasteiger partial charge on any atom is 0.322 e. The van der Waals surface area contributed by atoms with Crippen molar-refractivity contribution < 1.29 is 23.3 Å². The van der Waals surface area contributed by atoms with Crippen molar-refractivity contribution in [2.24, 2.45) is 0 Å². The predicted molar refractivity (Wildman–Crippen MR) is 142 cm³/mol. The van der Waals surface area contributed by atoms with Crippen LogP contribution in [-0.2, 0) is 22.2 Å². The zero-order chi connectivity index (χ0) is 25.7. The van der Waals surface area contributed by atoms with Crippen LogP contribution in [0.15, 0.2) is 90.0 Å². The van der Waals surface area contributed by atoms with Crippen molar-refractivity contribution in [3.05, 3.63) is 118 Å². The molecule has 9 heteroatoms. The standard InChI is InChI=1S/C27H23FN2O4S2/c28-22-13-11-21(12-14-22)24(31)15-10-18-6-8-20(9-7-18)17-25-29-27(35)30(36(25)34)23(26(32)33)16-19-4-2-1-3-5-19/h1-15,17,23,27,29,35H,16H2,(H,32,33)/b15-10+,25-17-/t23-,27-,36?/m0/s1. The molecule has 1 saturated heterocycles. The molecule has 1 fully saturated rings. The van der Waals surface area contributed by atoms with E-state index >= 15 is 0 Å². The maximum absolute atomic E-state index is 13.2. The first-order chi connectivity index (χ1) is 17.3. The number of carboxylic acid groups (broad SMARTS) is 1. The van der Waals surface area contributed by atoms with E-state index in [9.17, 15) is 23.3 Å². The average Bonchev–Trinajstić information content (AvgIpc) is 3.15. The van der Waals surface area contributed by atoms with Gasteiger partial charge in [-0.2, -0.15) is 4.31 Å². The molecule has 1 unspecified atom stereocenters. The molecule has 2 N–H and O–H groups in total. The minimum absolute atomic E-state index is 0.186. The van der Waals surface area contributed by atoms with E-state index in [1.807, 2.05) is 30.3 Å². The second kappa shape index (κ2) is 11.5. The summed E-state index contributed by atoms with van der Waals surface area (Å²) in [6, 6.07) is 20.6. The van der Waals surface area contributed by atoms with Crippen molar-refractivity contribution in [3.63, 3.8) is 0 Å². The van der Waals surface area contributed by atoms with Gasteiger partial charge in [-0.15, -0.1) is 12.6 Å². The van der Waals surface area contributed by atoms with E-state index in [1.165, 1.54) is 34.6 Å². The molecule has 3 aromatic rings. The lowest BCUT2D eigenvalue weighted by atomic mass is 10.1. The second-order valence-corrected chi connectivity index (χ2v) is 9.90. The summed E-state index contributed by atoms with van der Waals surface area (Å²) in [5.74, 6) is -1.73. The van der Waals surface area contributed by atoms with E-state index in [0.717, 1.165) is 16.7 Å². The number of carbonyl (C=O) groups excluding carboxylic acids is 1. The van der Waals surface area contributed by atoms with E-state index in [4.69, 9.17) is 0 Å². The Hall–Kier alpha value is -3.53. The molecule has 0 amide bonds. The number of rotatable bonds is 8. The number of ketones is 1. The third-order valence-electron chi connectivity index (χ3n) is 5.55. The molecule has 0 spiro atoms. The van der Waals surface area contributed by atoms with E-state index in [2.05, 4.69) is 17.9 Å². The Labute approximate surface area is 216 Å². The first-order valence-electron chi connectivity index (χ1n) is 11.0. The lowest BCUT2D eigenvalue weighted by molar-refractivity contribution is -0.141. The first kappa shape index (κ1) is 25.6. The molecule has 3 aromatic carbocycles. The molecule has 6 nitrogen and oxygen atoms in total. The fourth-order valence-corrected chi connectivity index (χ4v) is 5.63. The summed E-state index contributed by atoms with van der Waals surface area (Å²) >= 11 is 4.43. The van der Waals surface area contributed by atoms with Crippen LogP contribution in [0.3, 0.4) is 0 Å². The number of aliphatic carboxylic acids is 1. The van der Waals surface area contributed by atoms with Crippen molar-refractivity contribution in [3.8, 4) is 0 Å². The van der Waals surface area contributed by atoms with Gasteiger partial charge in [-0.05, 0) is 59.5 Å². The molecule has 4 rings (SSSR count). The van der Waals surface area contributed by atoms with E-state index in [1.54, 1.807) is 36.4 Å². The minimum atomic E-state index is -1.75. The Morgan fingerprint density at radius 3 is 2.31 bits per heavy atom. The molecule has 0 saturated carbocycles. The second-order valence-electron chi connectivity index (χ2n) is 8.05. The van der Waals surface area contributed by atoms with Crippen LogP contribution in [0.4, 0.5) is 4.39 Å². The third kappa shape index (κ3) is 6.17. The number of allylic oxidation sites excluding steroid dienone is 1. The van der Waals surface area contributed by atoms with Gasteiger partial charge in [0.15, 0.2) is 5.78 Å². The Balaban J connectivity index is 1.46. The van der Waals surface area contributed by atoms with Crippen molar-refractivity contribution >= 4 is 47.5 Å². The molecule has 1 aliphatic heterocycles. The molecule has 1 heterocycles. The number of hydrogen-bond acceptors (Lipinski definition) is 5. The summed E-state index contributed by atoms with van der Waals surface area (Å²) in [4.78, 5) is 24.2. The lowest BCUT2D eigenvalue weighted by Gasteiger charge is -2.24. The number of hydrogen-bond donors (Lipinski definition) is 3. The van der Waals surface area contributed by atoms with Crippen LogP contribution >= 0.6 is 12.6 Å².